The van der Waals surface area contributed by atoms with Gasteiger partial charge in [0.2, 0.25) is 0 Å². The zero-order chi connectivity index (χ0) is 15.2. The average Bonchev–Trinajstić information content (AvgIpc) is 3.26. The van der Waals surface area contributed by atoms with Crippen molar-refractivity contribution in [1.29, 1.82) is 0 Å². The van der Waals surface area contributed by atoms with Gasteiger partial charge in [0.15, 0.2) is 0 Å². The molecule has 2 rings (SSSR count). The van der Waals surface area contributed by atoms with E-state index in [1.165, 1.54) is 12.8 Å². The van der Waals surface area contributed by atoms with Gasteiger partial charge in [-0.3, -0.25) is 0 Å². The van der Waals surface area contributed by atoms with Crippen molar-refractivity contribution in [3.63, 3.8) is 0 Å². The van der Waals surface area contributed by atoms with Crippen LogP contribution >= 0.6 is 24.0 Å². The van der Waals surface area contributed by atoms with Gasteiger partial charge in [0.05, 0.1) is 18.2 Å². The molecular weight excluding hydrogens is 321 g/mol. The summed E-state index contributed by atoms with van der Waals surface area (Å²) in [7, 11) is 0. The van der Waals surface area contributed by atoms with E-state index < -0.39 is 0 Å². The molecule has 1 aromatic rings. The van der Waals surface area contributed by atoms with Crippen molar-refractivity contribution in [2.24, 2.45) is 11.7 Å². The van der Waals surface area contributed by atoms with Crippen molar-refractivity contribution < 1.29 is 9.47 Å². The first-order valence-corrected chi connectivity index (χ1v) is 8.29. The van der Waals surface area contributed by atoms with Crippen LogP contribution in [0.1, 0.15) is 44.2 Å². The minimum atomic E-state index is 0. The minimum absolute atomic E-state index is 0. The Kier molecular flexibility index (Phi) is 8.55. The first-order chi connectivity index (χ1) is 10.1. The second-order valence-electron chi connectivity index (χ2n) is 5.83. The zero-order valence-electron chi connectivity index (χ0n) is 13.4. The second-order valence-corrected chi connectivity index (χ2v) is 6.24. The Balaban J connectivity index is 0.00000242. The van der Waals surface area contributed by atoms with Gasteiger partial charge in [0.25, 0.3) is 0 Å². The van der Waals surface area contributed by atoms with Crippen LogP contribution in [0.3, 0.4) is 0 Å². The average molecular weight is 348 g/mol. The second kappa shape index (κ2) is 9.61. The quantitative estimate of drug-likeness (QED) is 0.721. The Morgan fingerprint density at radius 1 is 1.32 bits per heavy atom. The molecule has 1 atom stereocenters. The summed E-state index contributed by atoms with van der Waals surface area (Å²) in [5, 5.41) is 0.655. The topological polar surface area (TPSA) is 44.5 Å². The van der Waals surface area contributed by atoms with E-state index >= 15 is 0 Å². The smallest absolute Gasteiger partial charge is 0.141 e. The Morgan fingerprint density at radius 3 is 2.64 bits per heavy atom. The molecule has 22 heavy (non-hydrogen) atoms. The van der Waals surface area contributed by atoms with Crippen molar-refractivity contribution in [2.45, 2.75) is 52.2 Å². The van der Waals surface area contributed by atoms with Gasteiger partial charge in [-0.2, -0.15) is 0 Å². The highest BCUT2D eigenvalue weighted by atomic mass is 35.5. The zero-order valence-corrected chi connectivity index (χ0v) is 15.0. The number of hydrogen-bond donors (Lipinski definition) is 1. The van der Waals surface area contributed by atoms with Gasteiger partial charge in [-0.1, -0.05) is 18.5 Å². The summed E-state index contributed by atoms with van der Waals surface area (Å²) in [5.74, 6) is 1.55. The summed E-state index contributed by atoms with van der Waals surface area (Å²) in [6.07, 6.45) is 4.33. The van der Waals surface area contributed by atoms with Gasteiger partial charge in [0, 0.05) is 12.6 Å². The molecule has 126 valence electrons. The molecule has 1 aromatic carbocycles. The molecule has 0 amide bonds. The van der Waals surface area contributed by atoms with Crippen molar-refractivity contribution in [1.82, 2.24) is 0 Å². The van der Waals surface area contributed by atoms with Crippen molar-refractivity contribution in [2.75, 3.05) is 13.2 Å². The van der Waals surface area contributed by atoms with E-state index in [0.717, 1.165) is 42.2 Å². The molecule has 0 heterocycles. The third-order valence-electron chi connectivity index (χ3n) is 3.79. The molecule has 5 heteroatoms. The lowest BCUT2D eigenvalue weighted by molar-refractivity contribution is 0.111. The van der Waals surface area contributed by atoms with E-state index in [-0.39, 0.29) is 18.4 Å². The number of halogens is 2. The highest BCUT2D eigenvalue weighted by Crippen LogP contribution is 2.33. The largest absolute Gasteiger partial charge is 0.492 e. The molecule has 1 saturated carbocycles. The maximum atomic E-state index is 6.37. The van der Waals surface area contributed by atoms with Crippen molar-refractivity contribution in [3.05, 3.63) is 28.3 Å². The molecule has 0 spiro atoms. The molecule has 0 bridgehead atoms. The lowest BCUT2D eigenvalue weighted by Gasteiger charge is -2.17. The molecule has 0 aliphatic heterocycles. The number of nitrogens with two attached hydrogens (primary N) is 1. The predicted molar refractivity (Wildman–Crippen MR) is 94.2 cm³/mol. The number of ether oxygens (including phenoxy) is 2. The summed E-state index contributed by atoms with van der Waals surface area (Å²) in [6, 6.07) is 4.20. The third kappa shape index (κ3) is 5.96. The number of benzene rings is 1. The van der Waals surface area contributed by atoms with Gasteiger partial charge in [0.1, 0.15) is 5.75 Å². The van der Waals surface area contributed by atoms with Crippen molar-refractivity contribution >= 4 is 24.0 Å². The summed E-state index contributed by atoms with van der Waals surface area (Å²) in [6.45, 7) is 6.12. The van der Waals surface area contributed by atoms with Crippen LogP contribution in [0.25, 0.3) is 0 Å². The Bertz CT molecular complexity index is 464. The first-order valence-electron chi connectivity index (χ1n) is 7.91. The molecule has 2 N–H and O–H groups in total. The number of rotatable bonds is 9. The van der Waals surface area contributed by atoms with E-state index in [1.807, 2.05) is 13.0 Å². The van der Waals surface area contributed by atoms with E-state index in [0.29, 0.717) is 18.2 Å². The van der Waals surface area contributed by atoms with Crippen LogP contribution in [0, 0.1) is 5.92 Å². The first kappa shape index (κ1) is 19.6. The normalized spacial score (nSPS) is 15.3. The molecule has 3 nitrogen and oxygen atoms in total. The highest BCUT2D eigenvalue weighted by molar-refractivity contribution is 6.32. The minimum Gasteiger partial charge on any atom is -0.492 e. The Labute approximate surface area is 144 Å². The van der Waals surface area contributed by atoms with E-state index in [9.17, 15) is 0 Å². The lowest BCUT2D eigenvalue weighted by atomic mass is 10.0. The molecule has 0 radical (unpaired) electrons. The summed E-state index contributed by atoms with van der Waals surface area (Å²) >= 11 is 6.37. The maximum Gasteiger partial charge on any atom is 0.141 e. The van der Waals surface area contributed by atoms with Crippen LogP contribution in [-0.4, -0.2) is 19.3 Å². The summed E-state index contributed by atoms with van der Waals surface area (Å²) in [5.41, 5.74) is 8.27. The van der Waals surface area contributed by atoms with Crippen LogP contribution in [-0.2, 0) is 17.8 Å². The SMILES string of the molecule is CCOc1c(Cl)cc(COCC2CC2)cc1CC(N)CC.Cl. The van der Waals surface area contributed by atoms with Crippen LogP contribution in [0.4, 0.5) is 0 Å². The molecule has 1 unspecified atom stereocenters. The molecule has 1 aliphatic rings. The summed E-state index contributed by atoms with van der Waals surface area (Å²) in [4.78, 5) is 0. The Hall–Kier alpha value is -0.480. The van der Waals surface area contributed by atoms with Gasteiger partial charge in [-0.15, -0.1) is 12.4 Å². The van der Waals surface area contributed by atoms with Gasteiger partial charge < -0.3 is 15.2 Å². The lowest BCUT2D eigenvalue weighted by Crippen LogP contribution is -2.22. The molecule has 1 fully saturated rings. The molecule has 0 saturated heterocycles. The molecular formula is C17H27Cl2NO2. The van der Waals surface area contributed by atoms with Gasteiger partial charge in [-0.25, -0.2) is 0 Å². The standard InChI is InChI=1S/C17H26ClNO2.ClH/c1-3-15(19)9-14-7-13(11-20-10-12-5-6-12)8-16(18)17(14)21-4-2;/h7-8,12,15H,3-6,9-11,19H2,1-2H3;1H. The van der Waals surface area contributed by atoms with Crippen LogP contribution in [0.15, 0.2) is 12.1 Å². The van der Waals surface area contributed by atoms with Gasteiger partial charge in [-0.05, 0) is 61.8 Å². The van der Waals surface area contributed by atoms with Crippen LogP contribution in [0.5, 0.6) is 5.75 Å². The van der Waals surface area contributed by atoms with E-state index in [4.69, 9.17) is 26.8 Å². The molecule has 1 aliphatic carbocycles. The monoisotopic (exact) mass is 347 g/mol. The number of hydrogen-bond acceptors (Lipinski definition) is 3. The fourth-order valence-corrected chi connectivity index (χ4v) is 2.62. The fourth-order valence-electron chi connectivity index (χ4n) is 2.31. The van der Waals surface area contributed by atoms with Crippen LogP contribution in [0.2, 0.25) is 5.02 Å². The van der Waals surface area contributed by atoms with Crippen LogP contribution < -0.4 is 10.5 Å². The van der Waals surface area contributed by atoms with Gasteiger partial charge >= 0.3 is 0 Å². The van der Waals surface area contributed by atoms with E-state index in [2.05, 4.69) is 13.0 Å². The highest BCUT2D eigenvalue weighted by Gasteiger charge is 2.21. The maximum absolute atomic E-state index is 6.37. The Morgan fingerprint density at radius 2 is 2.05 bits per heavy atom. The van der Waals surface area contributed by atoms with E-state index in [1.54, 1.807) is 0 Å². The van der Waals surface area contributed by atoms with Crippen molar-refractivity contribution in [3.8, 4) is 5.75 Å². The molecule has 0 aromatic heterocycles. The summed E-state index contributed by atoms with van der Waals surface area (Å²) < 4.78 is 11.4. The third-order valence-corrected chi connectivity index (χ3v) is 4.08. The predicted octanol–water partition coefficient (Wildman–Crippen LogP) is 4.37. The fraction of sp³-hybridized carbons (Fsp3) is 0.647.